The van der Waals surface area contributed by atoms with Gasteiger partial charge >= 0.3 is 0 Å². The molecule has 0 radical (unpaired) electrons. The standard InChI is InChI=1S/C16H17N5O/c1-16(2,21-9-11(18)8-19-21)15(22)20-14-6-3-10(7-17)12-4-5-13(12)14/h3,6,8-9H,4-5,18H2,1-2H3,(H,20,22). The molecule has 22 heavy (non-hydrogen) atoms. The van der Waals surface area contributed by atoms with Gasteiger partial charge in [0, 0.05) is 11.9 Å². The average Bonchev–Trinajstić information content (AvgIpc) is 2.87. The zero-order valence-electron chi connectivity index (χ0n) is 12.6. The number of rotatable bonds is 3. The molecule has 1 aliphatic rings. The first-order valence-electron chi connectivity index (χ1n) is 7.10. The van der Waals surface area contributed by atoms with Crippen molar-refractivity contribution in [2.24, 2.45) is 0 Å². The molecule has 3 N–H and O–H groups in total. The third-order valence-electron chi connectivity index (χ3n) is 4.16. The molecule has 1 aromatic carbocycles. The summed E-state index contributed by atoms with van der Waals surface area (Å²) in [5, 5.41) is 16.1. The van der Waals surface area contributed by atoms with Crippen LogP contribution in [0.3, 0.4) is 0 Å². The Morgan fingerprint density at radius 3 is 2.68 bits per heavy atom. The second kappa shape index (κ2) is 4.88. The monoisotopic (exact) mass is 295 g/mol. The van der Waals surface area contributed by atoms with Crippen LogP contribution in [0.5, 0.6) is 0 Å². The highest BCUT2D eigenvalue weighted by Crippen LogP contribution is 2.33. The van der Waals surface area contributed by atoms with Crippen LogP contribution in [0.2, 0.25) is 0 Å². The van der Waals surface area contributed by atoms with E-state index in [4.69, 9.17) is 11.0 Å². The molecule has 1 amide bonds. The van der Waals surface area contributed by atoms with Crippen molar-refractivity contribution in [2.75, 3.05) is 11.1 Å². The number of nitrogens with one attached hydrogen (secondary N) is 1. The minimum absolute atomic E-state index is 0.172. The smallest absolute Gasteiger partial charge is 0.251 e. The molecule has 0 fully saturated rings. The maximum absolute atomic E-state index is 12.6. The predicted octanol–water partition coefficient (Wildman–Crippen LogP) is 1.81. The summed E-state index contributed by atoms with van der Waals surface area (Å²) in [7, 11) is 0. The summed E-state index contributed by atoms with van der Waals surface area (Å²) in [6, 6.07) is 5.74. The quantitative estimate of drug-likeness (QED) is 0.902. The van der Waals surface area contributed by atoms with E-state index in [0.717, 1.165) is 29.7 Å². The lowest BCUT2D eigenvalue weighted by Gasteiger charge is -2.28. The van der Waals surface area contributed by atoms with Crippen LogP contribution >= 0.6 is 0 Å². The minimum atomic E-state index is -0.859. The lowest BCUT2D eigenvalue weighted by molar-refractivity contribution is -0.123. The molecule has 0 bridgehead atoms. The van der Waals surface area contributed by atoms with E-state index in [0.29, 0.717) is 11.3 Å². The van der Waals surface area contributed by atoms with E-state index in [2.05, 4.69) is 16.5 Å². The Labute approximate surface area is 128 Å². The SMILES string of the molecule is CC(C)(C(=O)Nc1ccc(C#N)c2c1CC2)n1cc(N)cn1. The number of benzene rings is 1. The van der Waals surface area contributed by atoms with Crippen molar-refractivity contribution >= 4 is 17.3 Å². The van der Waals surface area contributed by atoms with Gasteiger partial charge in [0.2, 0.25) is 0 Å². The van der Waals surface area contributed by atoms with E-state index in [1.807, 2.05) is 0 Å². The van der Waals surface area contributed by atoms with E-state index >= 15 is 0 Å². The summed E-state index contributed by atoms with van der Waals surface area (Å²) in [6.45, 7) is 3.57. The molecular weight excluding hydrogens is 278 g/mol. The molecule has 6 nitrogen and oxygen atoms in total. The van der Waals surface area contributed by atoms with Gasteiger partial charge in [-0.25, -0.2) is 0 Å². The van der Waals surface area contributed by atoms with Crippen molar-refractivity contribution in [3.8, 4) is 6.07 Å². The van der Waals surface area contributed by atoms with Crippen LogP contribution in [0.1, 0.15) is 30.5 Å². The molecule has 1 aliphatic carbocycles. The maximum atomic E-state index is 12.6. The largest absolute Gasteiger partial charge is 0.396 e. The fourth-order valence-electron chi connectivity index (χ4n) is 2.58. The highest BCUT2D eigenvalue weighted by molar-refractivity contribution is 5.97. The molecule has 0 saturated heterocycles. The Kier molecular flexibility index (Phi) is 3.14. The van der Waals surface area contributed by atoms with E-state index in [-0.39, 0.29) is 5.91 Å². The topological polar surface area (TPSA) is 96.7 Å². The van der Waals surface area contributed by atoms with Gasteiger partial charge < -0.3 is 11.1 Å². The second-order valence-corrected chi connectivity index (χ2v) is 5.96. The van der Waals surface area contributed by atoms with Crippen LogP contribution in [-0.2, 0) is 23.2 Å². The molecule has 3 rings (SSSR count). The van der Waals surface area contributed by atoms with Crippen molar-refractivity contribution in [2.45, 2.75) is 32.2 Å². The summed E-state index contributed by atoms with van der Waals surface area (Å²) in [5.41, 5.74) is 8.90. The van der Waals surface area contributed by atoms with Crippen LogP contribution in [0.4, 0.5) is 11.4 Å². The first-order valence-corrected chi connectivity index (χ1v) is 7.10. The molecule has 0 aliphatic heterocycles. The molecule has 0 saturated carbocycles. The molecule has 1 aromatic heterocycles. The van der Waals surface area contributed by atoms with Gasteiger partial charge in [-0.2, -0.15) is 10.4 Å². The van der Waals surface area contributed by atoms with Gasteiger partial charge in [-0.05, 0) is 49.9 Å². The number of hydrogen-bond donors (Lipinski definition) is 2. The number of aromatic nitrogens is 2. The predicted molar refractivity (Wildman–Crippen MR) is 83.2 cm³/mol. The molecule has 112 valence electrons. The molecule has 1 heterocycles. The number of amides is 1. The number of carbonyl (C=O) groups is 1. The lowest BCUT2D eigenvalue weighted by Crippen LogP contribution is -2.41. The maximum Gasteiger partial charge on any atom is 0.251 e. The van der Waals surface area contributed by atoms with Crippen molar-refractivity contribution in [1.29, 1.82) is 5.26 Å². The van der Waals surface area contributed by atoms with Gasteiger partial charge in [-0.1, -0.05) is 0 Å². The van der Waals surface area contributed by atoms with E-state index < -0.39 is 5.54 Å². The van der Waals surface area contributed by atoms with E-state index in [1.54, 1.807) is 36.9 Å². The number of nitrogens with zero attached hydrogens (tertiary/aromatic N) is 3. The molecule has 0 spiro atoms. The Hall–Kier alpha value is -2.81. The Morgan fingerprint density at radius 2 is 2.14 bits per heavy atom. The number of nitrogens with two attached hydrogens (primary N) is 1. The van der Waals surface area contributed by atoms with Crippen LogP contribution < -0.4 is 11.1 Å². The van der Waals surface area contributed by atoms with Crippen LogP contribution in [-0.4, -0.2) is 15.7 Å². The van der Waals surface area contributed by atoms with E-state index in [1.165, 1.54) is 6.20 Å². The van der Waals surface area contributed by atoms with Crippen molar-refractivity contribution in [3.05, 3.63) is 41.2 Å². The van der Waals surface area contributed by atoms with Crippen LogP contribution in [0.25, 0.3) is 0 Å². The van der Waals surface area contributed by atoms with Gasteiger partial charge in [0.1, 0.15) is 5.54 Å². The summed E-state index contributed by atoms with van der Waals surface area (Å²) in [5.74, 6) is -0.172. The number of nitriles is 1. The summed E-state index contributed by atoms with van der Waals surface area (Å²) in [6.07, 6.45) is 4.93. The Morgan fingerprint density at radius 1 is 1.41 bits per heavy atom. The number of anilines is 2. The first kappa shape index (κ1) is 14.1. The average molecular weight is 295 g/mol. The molecule has 0 unspecified atom stereocenters. The fraction of sp³-hybridized carbons (Fsp3) is 0.312. The van der Waals surface area contributed by atoms with Gasteiger partial charge in [-0.3, -0.25) is 9.48 Å². The van der Waals surface area contributed by atoms with Crippen molar-refractivity contribution in [3.63, 3.8) is 0 Å². The number of hydrogen-bond acceptors (Lipinski definition) is 4. The van der Waals surface area contributed by atoms with Gasteiger partial charge in [0.05, 0.1) is 23.5 Å². The molecular formula is C16H17N5O. The van der Waals surface area contributed by atoms with Crippen LogP contribution in [0.15, 0.2) is 24.5 Å². The Bertz CT molecular complexity index is 797. The zero-order valence-corrected chi connectivity index (χ0v) is 12.6. The number of carbonyl (C=O) groups excluding carboxylic acids is 1. The van der Waals surface area contributed by atoms with Gasteiger partial charge in [0.15, 0.2) is 0 Å². The third-order valence-corrected chi connectivity index (χ3v) is 4.16. The van der Waals surface area contributed by atoms with E-state index in [9.17, 15) is 4.79 Å². The number of nitrogen functional groups attached to an aromatic ring is 1. The van der Waals surface area contributed by atoms with Crippen LogP contribution in [0, 0.1) is 11.3 Å². The highest BCUT2D eigenvalue weighted by atomic mass is 16.2. The third kappa shape index (κ3) is 2.11. The molecule has 0 atom stereocenters. The first-order chi connectivity index (χ1) is 10.4. The summed E-state index contributed by atoms with van der Waals surface area (Å²) < 4.78 is 1.55. The Balaban J connectivity index is 1.86. The summed E-state index contributed by atoms with van der Waals surface area (Å²) in [4.78, 5) is 12.6. The second-order valence-electron chi connectivity index (χ2n) is 5.96. The number of fused-ring (bicyclic) bond motifs is 1. The minimum Gasteiger partial charge on any atom is -0.396 e. The van der Waals surface area contributed by atoms with Gasteiger partial charge in [0.25, 0.3) is 5.91 Å². The highest BCUT2D eigenvalue weighted by Gasteiger charge is 2.32. The van der Waals surface area contributed by atoms with Gasteiger partial charge in [-0.15, -0.1) is 0 Å². The lowest BCUT2D eigenvalue weighted by atomic mass is 9.83. The summed E-state index contributed by atoms with van der Waals surface area (Å²) >= 11 is 0. The zero-order chi connectivity index (χ0) is 15.9. The normalized spacial score (nSPS) is 13.0. The molecule has 2 aromatic rings. The fourth-order valence-corrected chi connectivity index (χ4v) is 2.58. The van der Waals surface area contributed by atoms with Crippen molar-refractivity contribution in [1.82, 2.24) is 9.78 Å². The van der Waals surface area contributed by atoms with Crippen molar-refractivity contribution < 1.29 is 4.79 Å². The molecule has 6 heteroatoms.